The second kappa shape index (κ2) is 2.68. The molecule has 2 nitrogen and oxygen atoms in total. The Kier molecular flexibility index (Phi) is 1.68. The average molecular weight is 164 g/mol. The lowest BCUT2D eigenvalue weighted by atomic mass is 10.3. The molecule has 0 aromatic rings. The van der Waals surface area contributed by atoms with Crippen LogP contribution in [0.3, 0.4) is 0 Å². The predicted octanol–water partition coefficient (Wildman–Crippen LogP) is 1.64. The number of aliphatic imine (C=N–C) groups is 2. The standard InChI is InChI=1S/C8H8N2S/c1-6-10-7-4-2-3-5-9-8(7)11-6/h3-5,7-8H,1H3. The minimum atomic E-state index is 0.218. The van der Waals surface area contributed by atoms with Crippen LogP contribution in [0.1, 0.15) is 6.92 Å². The molecule has 2 heterocycles. The van der Waals surface area contributed by atoms with Gasteiger partial charge in [-0.2, -0.15) is 0 Å². The van der Waals surface area contributed by atoms with E-state index in [2.05, 4.69) is 15.7 Å². The molecule has 2 rings (SSSR count). The van der Waals surface area contributed by atoms with Crippen molar-refractivity contribution in [2.45, 2.75) is 18.3 Å². The lowest BCUT2D eigenvalue weighted by molar-refractivity contribution is 0.801. The van der Waals surface area contributed by atoms with Gasteiger partial charge in [0.2, 0.25) is 0 Å². The molecule has 0 bridgehead atoms. The Labute approximate surface area is 69.8 Å². The summed E-state index contributed by atoms with van der Waals surface area (Å²) in [6.45, 7) is 2.02. The first kappa shape index (κ1) is 6.89. The number of hydrogen-bond donors (Lipinski definition) is 0. The van der Waals surface area contributed by atoms with Crippen LogP contribution in [0.2, 0.25) is 0 Å². The molecule has 3 heteroatoms. The molecule has 0 aromatic carbocycles. The Hall–Kier alpha value is -0.790. The fraction of sp³-hybridized carbons (Fsp3) is 0.375. The Bertz CT molecular complexity index is 284. The van der Waals surface area contributed by atoms with Crippen molar-refractivity contribution in [2.24, 2.45) is 9.98 Å². The van der Waals surface area contributed by atoms with E-state index in [9.17, 15) is 0 Å². The molecule has 2 unspecified atom stereocenters. The quantitative estimate of drug-likeness (QED) is 0.499. The third-order valence-corrected chi connectivity index (χ3v) is 2.67. The van der Waals surface area contributed by atoms with E-state index in [-0.39, 0.29) is 11.4 Å². The molecule has 2 aliphatic heterocycles. The van der Waals surface area contributed by atoms with Gasteiger partial charge in [0.05, 0.1) is 5.04 Å². The highest BCUT2D eigenvalue weighted by Crippen LogP contribution is 2.28. The van der Waals surface area contributed by atoms with Crippen LogP contribution in [-0.2, 0) is 0 Å². The Balaban J connectivity index is 2.31. The van der Waals surface area contributed by atoms with Crippen LogP contribution in [0.15, 0.2) is 27.9 Å². The smallest absolute Gasteiger partial charge is 0.127 e. The zero-order valence-electron chi connectivity index (χ0n) is 6.19. The van der Waals surface area contributed by atoms with Gasteiger partial charge in [-0.05, 0) is 19.1 Å². The summed E-state index contributed by atoms with van der Waals surface area (Å²) in [7, 11) is 0. The topological polar surface area (TPSA) is 24.7 Å². The first-order chi connectivity index (χ1) is 5.36. The first-order valence-electron chi connectivity index (χ1n) is 3.52. The van der Waals surface area contributed by atoms with E-state index in [1.165, 1.54) is 0 Å². The SMILES string of the molecule is CC1=NC2C=C=CC=NC2S1. The van der Waals surface area contributed by atoms with Gasteiger partial charge in [-0.15, -0.1) is 5.73 Å². The molecule has 2 atom stereocenters. The van der Waals surface area contributed by atoms with Crippen LogP contribution >= 0.6 is 11.8 Å². The summed E-state index contributed by atoms with van der Waals surface area (Å²) in [5.41, 5.74) is 3.02. The molecule has 0 amide bonds. The largest absolute Gasteiger partial charge is 0.275 e. The number of rotatable bonds is 0. The maximum absolute atomic E-state index is 4.40. The van der Waals surface area contributed by atoms with E-state index >= 15 is 0 Å². The third-order valence-electron chi connectivity index (χ3n) is 1.59. The zero-order chi connectivity index (χ0) is 7.68. The minimum absolute atomic E-state index is 0.218. The second-order valence-corrected chi connectivity index (χ2v) is 3.75. The molecular weight excluding hydrogens is 156 g/mol. The number of thioether (sulfide) groups is 1. The van der Waals surface area contributed by atoms with Crippen LogP contribution in [0.25, 0.3) is 0 Å². The molecule has 2 aliphatic rings. The van der Waals surface area contributed by atoms with E-state index in [1.807, 2.05) is 19.1 Å². The molecule has 0 N–H and O–H groups in total. The van der Waals surface area contributed by atoms with Gasteiger partial charge in [-0.1, -0.05) is 11.8 Å². The van der Waals surface area contributed by atoms with E-state index in [0.717, 1.165) is 5.04 Å². The van der Waals surface area contributed by atoms with E-state index in [1.54, 1.807) is 18.0 Å². The molecular formula is C8H8N2S. The molecule has 0 fully saturated rings. The van der Waals surface area contributed by atoms with Crippen molar-refractivity contribution in [1.82, 2.24) is 0 Å². The van der Waals surface area contributed by atoms with Crippen molar-refractivity contribution in [3.05, 3.63) is 17.9 Å². The molecule has 0 saturated heterocycles. The molecule has 0 spiro atoms. The van der Waals surface area contributed by atoms with Gasteiger partial charge in [0, 0.05) is 6.21 Å². The lowest BCUT2D eigenvalue weighted by Gasteiger charge is -2.04. The van der Waals surface area contributed by atoms with E-state index < -0.39 is 0 Å². The fourth-order valence-corrected chi connectivity index (χ4v) is 2.05. The summed E-state index contributed by atoms with van der Waals surface area (Å²) in [6.07, 6.45) is 5.59. The molecule has 0 aromatic heterocycles. The highest BCUT2D eigenvalue weighted by atomic mass is 32.2. The zero-order valence-corrected chi connectivity index (χ0v) is 7.01. The Morgan fingerprint density at radius 3 is 3.45 bits per heavy atom. The summed E-state index contributed by atoms with van der Waals surface area (Å²) in [6, 6.07) is 0.218. The molecule has 0 aliphatic carbocycles. The van der Waals surface area contributed by atoms with Gasteiger partial charge in [-0.3, -0.25) is 9.98 Å². The highest BCUT2D eigenvalue weighted by molar-refractivity contribution is 8.14. The summed E-state index contributed by atoms with van der Waals surface area (Å²) in [4.78, 5) is 8.71. The van der Waals surface area contributed by atoms with Crippen molar-refractivity contribution in [3.63, 3.8) is 0 Å². The summed E-state index contributed by atoms with van der Waals surface area (Å²) in [5.74, 6) is 0. The maximum atomic E-state index is 4.40. The molecule has 11 heavy (non-hydrogen) atoms. The van der Waals surface area contributed by atoms with Gasteiger partial charge in [0.25, 0.3) is 0 Å². The Morgan fingerprint density at radius 2 is 2.55 bits per heavy atom. The van der Waals surface area contributed by atoms with E-state index in [4.69, 9.17) is 0 Å². The summed E-state index contributed by atoms with van der Waals surface area (Å²) in [5, 5.41) is 1.39. The van der Waals surface area contributed by atoms with Gasteiger partial charge in [0.1, 0.15) is 11.4 Å². The van der Waals surface area contributed by atoms with Gasteiger partial charge in [0.15, 0.2) is 0 Å². The highest BCUT2D eigenvalue weighted by Gasteiger charge is 2.25. The van der Waals surface area contributed by atoms with Crippen LogP contribution in [0.5, 0.6) is 0 Å². The first-order valence-corrected chi connectivity index (χ1v) is 4.40. The number of fused-ring (bicyclic) bond motifs is 1. The van der Waals surface area contributed by atoms with Crippen LogP contribution in [0, 0.1) is 0 Å². The monoisotopic (exact) mass is 164 g/mol. The second-order valence-electron chi connectivity index (χ2n) is 2.45. The van der Waals surface area contributed by atoms with Crippen molar-refractivity contribution in [3.8, 4) is 0 Å². The normalized spacial score (nSPS) is 33.4. The Morgan fingerprint density at radius 1 is 1.64 bits per heavy atom. The van der Waals surface area contributed by atoms with Gasteiger partial charge >= 0.3 is 0 Å². The molecule has 56 valence electrons. The van der Waals surface area contributed by atoms with Crippen molar-refractivity contribution in [1.29, 1.82) is 0 Å². The van der Waals surface area contributed by atoms with Crippen LogP contribution < -0.4 is 0 Å². The van der Waals surface area contributed by atoms with Crippen LogP contribution in [0.4, 0.5) is 0 Å². The van der Waals surface area contributed by atoms with Crippen molar-refractivity contribution >= 4 is 23.0 Å². The maximum Gasteiger partial charge on any atom is 0.127 e. The third kappa shape index (κ3) is 1.30. The average Bonchev–Trinajstić information content (AvgIpc) is 2.17. The van der Waals surface area contributed by atoms with Gasteiger partial charge < -0.3 is 0 Å². The molecule has 0 radical (unpaired) electrons. The number of nitrogens with zero attached hydrogens (tertiary/aromatic N) is 2. The lowest BCUT2D eigenvalue weighted by Crippen LogP contribution is -2.10. The van der Waals surface area contributed by atoms with Crippen LogP contribution in [-0.4, -0.2) is 22.7 Å². The van der Waals surface area contributed by atoms with Crippen molar-refractivity contribution in [2.75, 3.05) is 0 Å². The van der Waals surface area contributed by atoms with E-state index in [0.29, 0.717) is 0 Å². The summed E-state index contributed by atoms with van der Waals surface area (Å²) < 4.78 is 0. The molecule has 0 saturated carbocycles. The minimum Gasteiger partial charge on any atom is -0.275 e. The van der Waals surface area contributed by atoms with Crippen molar-refractivity contribution < 1.29 is 0 Å². The fourth-order valence-electron chi connectivity index (χ4n) is 1.11. The van der Waals surface area contributed by atoms with Gasteiger partial charge in [-0.25, -0.2) is 0 Å². The number of hydrogen-bond acceptors (Lipinski definition) is 3. The predicted molar refractivity (Wildman–Crippen MR) is 49.4 cm³/mol. The summed E-state index contributed by atoms with van der Waals surface area (Å²) >= 11 is 1.72.